The third-order valence-electron chi connectivity index (χ3n) is 4.45. The van der Waals surface area contributed by atoms with Crippen LogP contribution < -0.4 is 5.32 Å². The highest BCUT2D eigenvalue weighted by Crippen LogP contribution is 2.29. The molecule has 0 atom stereocenters. The first-order valence-electron chi connectivity index (χ1n) is 8.04. The van der Waals surface area contributed by atoms with Gasteiger partial charge in [-0.1, -0.05) is 18.2 Å². The van der Waals surface area contributed by atoms with E-state index in [0.29, 0.717) is 5.69 Å². The highest BCUT2D eigenvalue weighted by atomic mass is 16.4. The van der Waals surface area contributed by atoms with Crippen molar-refractivity contribution in [3.05, 3.63) is 46.8 Å². The summed E-state index contributed by atoms with van der Waals surface area (Å²) in [6, 6.07) is 7.89. The molecule has 0 saturated heterocycles. The van der Waals surface area contributed by atoms with Gasteiger partial charge in [0.2, 0.25) is 0 Å². The molecular weight excluding hydrogens is 306 g/mol. The van der Waals surface area contributed by atoms with Crippen molar-refractivity contribution < 1.29 is 14.7 Å². The molecule has 6 heteroatoms. The molecule has 6 nitrogen and oxygen atoms in total. The van der Waals surface area contributed by atoms with E-state index in [9.17, 15) is 14.7 Å². The molecule has 0 fully saturated rings. The topological polar surface area (TPSA) is 84.2 Å². The van der Waals surface area contributed by atoms with Gasteiger partial charge < -0.3 is 10.4 Å². The second kappa shape index (κ2) is 5.78. The number of carbonyl (C=O) groups excluding carboxylic acids is 1. The summed E-state index contributed by atoms with van der Waals surface area (Å²) < 4.78 is 1.83. The van der Waals surface area contributed by atoms with Gasteiger partial charge in [0.1, 0.15) is 5.54 Å². The number of aliphatic carboxylic acids is 1. The zero-order chi connectivity index (χ0) is 17.5. The van der Waals surface area contributed by atoms with Crippen molar-refractivity contribution in [2.45, 2.75) is 45.6 Å². The second-order valence-electron chi connectivity index (χ2n) is 6.71. The van der Waals surface area contributed by atoms with Crippen LogP contribution in [0.25, 0.3) is 5.69 Å². The monoisotopic (exact) mass is 327 g/mol. The number of rotatable bonds is 4. The number of benzene rings is 1. The number of nitrogens with one attached hydrogen (secondary N) is 1. The number of amides is 1. The van der Waals surface area contributed by atoms with E-state index in [-0.39, 0.29) is 0 Å². The third kappa shape index (κ3) is 2.68. The lowest BCUT2D eigenvalue weighted by molar-refractivity contribution is -0.143. The molecule has 0 unspecified atom stereocenters. The number of carboxylic acid groups (broad SMARTS) is 1. The van der Waals surface area contributed by atoms with Crippen molar-refractivity contribution in [3.8, 4) is 5.69 Å². The fourth-order valence-corrected chi connectivity index (χ4v) is 3.02. The molecule has 1 aliphatic rings. The Bertz CT molecular complexity index is 821. The number of carboxylic acids is 1. The minimum absolute atomic E-state index is 0.333. The van der Waals surface area contributed by atoms with Crippen molar-refractivity contribution in [2.24, 2.45) is 0 Å². The summed E-state index contributed by atoms with van der Waals surface area (Å²) in [6.45, 7) is 4.93. The molecule has 24 heavy (non-hydrogen) atoms. The Morgan fingerprint density at radius 2 is 1.96 bits per heavy atom. The van der Waals surface area contributed by atoms with E-state index in [0.717, 1.165) is 41.8 Å². The second-order valence-corrected chi connectivity index (χ2v) is 6.71. The van der Waals surface area contributed by atoms with Gasteiger partial charge in [-0.25, -0.2) is 9.48 Å². The Labute approximate surface area is 140 Å². The first kappa shape index (κ1) is 16.2. The smallest absolute Gasteiger partial charge is 0.328 e. The highest BCUT2D eigenvalue weighted by Gasteiger charge is 2.33. The van der Waals surface area contributed by atoms with E-state index in [1.54, 1.807) is 0 Å². The van der Waals surface area contributed by atoms with Crippen molar-refractivity contribution in [2.75, 3.05) is 0 Å². The molecule has 1 aromatic carbocycles. The minimum atomic E-state index is -1.34. The zero-order valence-corrected chi connectivity index (χ0v) is 14.1. The number of aryl methyl sites for hydroxylation is 1. The maximum atomic E-state index is 12.6. The van der Waals surface area contributed by atoms with Crippen molar-refractivity contribution >= 4 is 11.9 Å². The Hall–Kier alpha value is -2.63. The van der Waals surface area contributed by atoms with Gasteiger partial charge in [0, 0.05) is 11.3 Å². The predicted octanol–water partition coefficient (Wildman–Crippen LogP) is 2.26. The first-order valence-corrected chi connectivity index (χ1v) is 8.04. The van der Waals surface area contributed by atoms with Crippen LogP contribution in [-0.2, 0) is 17.6 Å². The summed E-state index contributed by atoms with van der Waals surface area (Å²) in [5.74, 6) is -1.52. The largest absolute Gasteiger partial charge is 0.480 e. The number of hydrogen-bond donors (Lipinski definition) is 2. The third-order valence-corrected chi connectivity index (χ3v) is 4.45. The van der Waals surface area contributed by atoms with E-state index in [4.69, 9.17) is 0 Å². The van der Waals surface area contributed by atoms with E-state index in [2.05, 4.69) is 10.4 Å². The Kier molecular flexibility index (Phi) is 3.91. The molecule has 0 aliphatic heterocycles. The first-order chi connectivity index (χ1) is 11.3. The lowest BCUT2D eigenvalue weighted by Gasteiger charge is -2.20. The zero-order valence-electron chi connectivity index (χ0n) is 14.1. The molecular formula is C18H21N3O3. The van der Waals surface area contributed by atoms with Crippen LogP contribution in [0.4, 0.5) is 0 Å². The summed E-state index contributed by atoms with van der Waals surface area (Å²) in [5, 5.41) is 16.3. The SMILES string of the molecule is Cc1ccccc1-n1nc(C(=O)NC(C)(C)C(=O)O)c2c1CCC2. The quantitative estimate of drug-likeness (QED) is 0.902. The summed E-state index contributed by atoms with van der Waals surface area (Å²) in [6.07, 6.45) is 2.63. The lowest BCUT2D eigenvalue weighted by atomic mass is 10.1. The average Bonchev–Trinajstić information content (AvgIpc) is 3.09. The van der Waals surface area contributed by atoms with E-state index in [1.165, 1.54) is 13.8 Å². The van der Waals surface area contributed by atoms with E-state index in [1.807, 2.05) is 35.9 Å². The van der Waals surface area contributed by atoms with Gasteiger partial charge in [-0.05, 0) is 51.7 Å². The Morgan fingerprint density at radius 1 is 1.25 bits per heavy atom. The number of fused-ring (bicyclic) bond motifs is 1. The fourth-order valence-electron chi connectivity index (χ4n) is 3.02. The molecule has 1 aliphatic carbocycles. The maximum Gasteiger partial charge on any atom is 0.328 e. The van der Waals surface area contributed by atoms with Crippen molar-refractivity contribution in [1.82, 2.24) is 15.1 Å². The fraction of sp³-hybridized carbons (Fsp3) is 0.389. The average molecular weight is 327 g/mol. The summed E-state index contributed by atoms with van der Waals surface area (Å²) in [7, 11) is 0. The van der Waals surface area contributed by atoms with E-state index < -0.39 is 17.4 Å². The van der Waals surface area contributed by atoms with Crippen LogP contribution in [0, 0.1) is 6.92 Å². The van der Waals surface area contributed by atoms with Gasteiger partial charge in [-0.15, -0.1) is 0 Å². The molecule has 0 radical (unpaired) electrons. The van der Waals surface area contributed by atoms with Crippen LogP contribution in [0.3, 0.4) is 0 Å². The molecule has 1 aromatic heterocycles. The van der Waals surface area contributed by atoms with Gasteiger partial charge in [-0.2, -0.15) is 5.10 Å². The Balaban J connectivity index is 2.02. The maximum absolute atomic E-state index is 12.6. The van der Waals surface area contributed by atoms with Gasteiger partial charge in [0.15, 0.2) is 5.69 Å². The summed E-state index contributed by atoms with van der Waals surface area (Å²) in [5.41, 5.74) is 2.99. The number of hydrogen-bond acceptors (Lipinski definition) is 3. The van der Waals surface area contributed by atoms with Crippen LogP contribution in [0.1, 0.15) is 47.6 Å². The molecule has 2 N–H and O–H groups in total. The summed E-state index contributed by atoms with van der Waals surface area (Å²) >= 11 is 0. The van der Waals surface area contributed by atoms with Crippen LogP contribution in [0.5, 0.6) is 0 Å². The molecule has 2 aromatic rings. The number of nitrogens with zero attached hydrogens (tertiary/aromatic N) is 2. The molecule has 0 bridgehead atoms. The highest BCUT2D eigenvalue weighted by molar-refractivity contribution is 5.97. The number of para-hydroxylation sites is 1. The molecule has 0 saturated carbocycles. The molecule has 0 spiro atoms. The standard InChI is InChI=1S/C18H21N3O3/c1-11-7-4-5-9-13(11)21-14-10-6-8-12(14)15(20-21)16(22)19-18(2,3)17(23)24/h4-5,7,9H,6,8,10H2,1-3H3,(H,19,22)(H,23,24). The summed E-state index contributed by atoms with van der Waals surface area (Å²) in [4.78, 5) is 23.9. The molecule has 3 rings (SSSR count). The van der Waals surface area contributed by atoms with Crippen molar-refractivity contribution in [3.63, 3.8) is 0 Å². The normalized spacial score (nSPS) is 13.6. The van der Waals surface area contributed by atoms with Crippen LogP contribution >= 0.6 is 0 Å². The predicted molar refractivity (Wildman–Crippen MR) is 89.5 cm³/mol. The van der Waals surface area contributed by atoms with Gasteiger partial charge in [0.25, 0.3) is 5.91 Å². The number of carbonyl (C=O) groups is 2. The van der Waals surface area contributed by atoms with Gasteiger partial charge in [0.05, 0.1) is 5.69 Å². The minimum Gasteiger partial charge on any atom is -0.480 e. The van der Waals surface area contributed by atoms with Crippen LogP contribution in [0.15, 0.2) is 24.3 Å². The Morgan fingerprint density at radius 3 is 2.62 bits per heavy atom. The van der Waals surface area contributed by atoms with Crippen LogP contribution in [-0.4, -0.2) is 32.3 Å². The van der Waals surface area contributed by atoms with Crippen LogP contribution in [0.2, 0.25) is 0 Å². The van der Waals surface area contributed by atoms with Gasteiger partial charge >= 0.3 is 5.97 Å². The van der Waals surface area contributed by atoms with E-state index >= 15 is 0 Å². The van der Waals surface area contributed by atoms with Gasteiger partial charge in [-0.3, -0.25) is 4.79 Å². The number of aromatic nitrogens is 2. The molecule has 1 amide bonds. The van der Waals surface area contributed by atoms with Crippen molar-refractivity contribution in [1.29, 1.82) is 0 Å². The lowest BCUT2D eigenvalue weighted by Crippen LogP contribution is -2.49. The molecule has 126 valence electrons. The molecule has 1 heterocycles.